The molecule has 1 aromatic heterocycles. The first-order valence-corrected chi connectivity index (χ1v) is 3.71. The molecule has 0 aliphatic carbocycles. The van der Waals surface area contributed by atoms with Crippen molar-refractivity contribution in [2.45, 2.75) is 20.0 Å². The number of hydrogen-bond donors (Lipinski definition) is 1. The van der Waals surface area contributed by atoms with Gasteiger partial charge < -0.3 is 0 Å². The number of nitrogens with one attached hydrogen (secondary N) is 1. The van der Waals surface area contributed by atoms with Crippen LogP contribution in [0.15, 0.2) is 12.1 Å². The summed E-state index contributed by atoms with van der Waals surface area (Å²) in [6.07, 6.45) is -2.64. The molecule has 0 bridgehead atoms. The Morgan fingerprint density at radius 3 is 2.54 bits per heavy atom. The average Bonchev–Trinajstić information content (AvgIpc) is 2.50. The third-order valence-corrected chi connectivity index (χ3v) is 1.72. The Balaban J connectivity index is 3.00. The Bertz CT molecular complexity index is 322. The molecule has 0 saturated heterocycles. The molecule has 0 saturated carbocycles. The Labute approximate surface area is 73.5 Å². The fourth-order valence-corrected chi connectivity index (χ4v) is 0.817. The van der Waals surface area contributed by atoms with E-state index in [9.17, 15) is 13.2 Å². The fraction of sp³-hybridized carbons (Fsp3) is 0.375. The van der Waals surface area contributed by atoms with Gasteiger partial charge in [0, 0.05) is 0 Å². The normalized spacial score (nSPS) is 13.5. The van der Waals surface area contributed by atoms with Crippen LogP contribution in [0.1, 0.15) is 25.2 Å². The van der Waals surface area contributed by atoms with Crippen LogP contribution in [0.2, 0.25) is 0 Å². The first-order chi connectivity index (χ1) is 5.95. The lowest BCUT2D eigenvalue weighted by atomic mass is 10.2. The van der Waals surface area contributed by atoms with Gasteiger partial charge in [-0.3, -0.25) is 5.10 Å². The molecule has 1 rings (SSSR count). The molecule has 0 aromatic carbocycles. The fourth-order valence-electron chi connectivity index (χ4n) is 0.817. The highest BCUT2D eigenvalue weighted by molar-refractivity contribution is 5.60. The summed E-state index contributed by atoms with van der Waals surface area (Å²) in [4.78, 5) is 0. The third kappa shape index (κ3) is 2.11. The van der Waals surface area contributed by atoms with Crippen molar-refractivity contribution < 1.29 is 13.2 Å². The topological polar surface area (TPSA) is 28.7 Å². The first-order valence-electron chi connectivity index (χ1n) is 3.71. The maximum atomic E-state index is 12.1. The quantitative estimate of drug-likeness (QED) is 0.724. The molecular weight excluding hydrogens is 181 g/mol. The van der Waals surface area contributed by atoms with Gasteiger partial charge in [-0.05, 0) is 25.5 Å². The minimum Gasteiger partial charge on any atom is -0.273 e. The molecule has 0 aliphatic rings. The van der Waals surface area contributed by atoms with Crippen LogP contribution in [-0.4, -0.2) is 10.2 Å². The molecule has 0 spiro atoms. The Morgan fingerprint density at radius 2 is 2.15 bits per heavy atom. The third-order valence-electron chi connectivity index (χ3n) is 1.72. The van der Waals surface area contributed by atoms with E-state index in [0.717, 1.165) is 6.07 Å². The number of H-pyrrole nitrogens is 1. The van der Waals surface area contributed by atoms with Gasteiger partial charge in [-0.1, -0.05) is 6.08 Å². The average molecular weight is 190 g/mol. The van der Waals surface area contributed by atoms with Crippen LogP contribution in [0.4, 0.5) is 13.2 Å². The van der Waals surface area contributed by atoms with Gasteiger partial charge in [-0.15, -0.1) is 0 Å². The summed E-state index contributed by atoms with van der Waals surface area (Å²) in [5.74, 6) is 0. The van der Waals surface area contributed by atoms with Crippen molar-refractivity contribution in [2.24, 2.45) is 0 Å². The highest BCUT2D eigenvalue weighted by atomic mass is 19.4. The van der Waals surface area contributed by atoms with Crippen molar-refractivity contribution in [1.82, 2.24) is 10.2 Å². The molecule has 0 amide bonds. The summed E-state index contributed by atoms with van der Waals surface area (Å²) in [6.45, 7) is 3.45. The van der Waals surface area contributed by atoms with Crippen molar-refractivity contribution in [3.8, 4) is 0 Å². The van der Waals surface area contributed by atoms with Gasteiger partial charge in [-0.25, -0.2) is 0 Å². The standard InChI is InChI=1S/C8H9F3N2/c1-3-5(2)6-4-7(13-12-6)8(9,10)11/h3-4H,1-2H3,(H,12,13)/b5-3+. The van der Waals surface area contributed by atoms with Crippen molar-refractivity contribution in [1.29, 1.82) is 0 Å². The highest BCUT2D eigenvalue weighted by Crippen LogP contribution is 2.28. The molecule has 0 aliphatic heterocycles. The predicted octanol–water partition coefficient (Wildman–Crippen LogP) is 2.85. The maximum Gasteiger partial charge on any atom is 0.432 e. The van der Waals surface area contributed by atoms with E-state index in [4.69, 9.17) is 0 Å². The van der Waals surface area contributed by atoms with Crippen LogP contribution in [0.25, 0.3) is 5.57 Å². The summed E-state index contributed by atoms with van der Waals surface area (Å²) in [6, 6.07) is 0.995. The number of allylic oxidation sites excluding steroid dienone is 2. The van der Waals surface area contributed by atoms with Crippen molar-refractivity contribution in [3.63, 3.8) is 0 Å². The van der Waals surface area contributed by atoms with E-state index < -0.39 is 11.9 Å². The smallest absolute Gasteiger partial charge is 0.273 e. The van der Waals surface area contributed by atoms with Gasteiger partial charge in [0.15, 0.2) is 0 Å². The second kappa shape index (κ2) is 3.24. The first kappa shape index (κ1) is 9.83. The van der Waals surface area contributed by atoms with E-state index in [1.165, 1.54) is 0 Å². The largest absolute Gasteiger partial charge is 0.432 e. The Hall–Kier alpha value is -1.26. The van der Waals surface area contributed by atoms with E-state index in [1.807, 2.05) is 5.10 Å². The summed E-state index contributed by atoms with van der Waals surface area (Å²) in [7, 11) is 0. The molecule has 13 heavy (non-hydrogen) atoms. The number of rotatable bonds is 1. The molecule has 5 heteroatoms. The second-order valence-corrected chi connectivity index (χ2v) is 2.64. The minimum atomic E-state index is -4.35. The number of alkyl halides is 3. The lowest BCUT2D eigenvalue weighted by molar-refractivity contribution is -0.141. The van der Waals surface area contributed by atoms with Crippen molar-refractivity contribution in [2.75, 3.05) is 0 Å². The van der Waals surface area contributed by atoms with Gasteiger partial charge in [0.25, 0.3) is 0 Å². The molecule has 2 nitrogen and oxygen atoms in total. The lowest BCUT2D eigenvalue weighted by Crippen LogP contribution is -2.04. The summed E-state index contributed by atoms with van der Waals surface area (Å²) >= 11 is 0. The van der Waals surface area contributed by atoms with E-state index in [-0.39, 0.29) is 0 Å². The van der Waals surface area contributed by atoms with Crippen molar-refractivity contribution in [3.05, 3.63) is 23.5 Å². The molecule has 0 unspecified atom stereocenters. The van der Waals surface area contributed by atoms with Crippen LogP contribution in [0, 0.1) is 0 Å². The number of aromatic amines is 1. The van der Waals surface area contributed by atoms with Crippen LogP contribution in [0.5, 0.6) is 0 Å². The number of halogens is 3. The summed E-state index contributed by atoms with van der Waals surface area (Å²) in [5.41, 5.74) is 0.227. The van der Waals surface area contributed by atoms with Gasteiger partial charge >= 0.3 is 6.18 Å². The zero-order chi connectivity index (χ0) is 10.1. The van der Waals surface area contributed by atoms with E-state index >= 15 is 0 Å². The zero-order valence-electron chi connectivity index (χ0n) is 7.24. The molecule has 0 fully saturated rings. The SMILES string of the molecule is C/C=C(\C)c1cc(C(F)(F)F)[nH]n1. The Kier molecular flexibility index (Phi) is 2.45. The van der Waals surface area contributed by atoms with Gasteiger partial charge in [0.1, 0.15) is 5.69 Å². The zero-order valence-corrected chi connectivity index (χ0v) is 7.24. The molecule has 0 radical (unpaired) electrons. The molecular formula is C8H9F3N2. The van der Waals surface area contributed by atoms with E-state index in [1.54, 1.807) is 19.9 Å². The molecule has 0 atom stereocenters. The molecule has 1 aromatic rings. The maximum absolute atomic E-state index is 12.1. The minimum absolute atomic E-state index is 0.329. The van der Waals surface area contributed by atoms with Crippen LogP contribution in [-0.2, 0) is 6.18 Å². The van der Waals surface area contributed by atoms with Gasteiger partial charge in [0.2, 0.25) is 0 Å². The van der Waals surface area contributed by atoms with Gasteiger partial charge in [0.05, 0.1) is 5.69 Å². The second-order valence-electron chi connectivity index (χ2n) is 2.64. The molecule has 1 heterocycles. The monoisotopic (exact) mass is 190 g/mol. The molecule has 1 N–H and O–H groups in total. The lowest BCUT2D eigenvalue weighted by Gasteiger charge is -1.99. The van der Waals surface area contributed by atoms with Crippen molar-refractivity contribution >= 4 is 5.57 Å². The van der Waals surface area contributed by atoms with Crippen LogP contribution >= 0.6 is 0 Å². The van der Waals surface area contributed by atoms with Gasteiger partial charge in [-0.2, -0.15) is 18.3 Å². The summed E-state index contributed by atoms with van der Waals surface area (Å²) in [5, 5.41) is 5.49. The van der Waals surface area contributed by atoms with Crippen LogP contribution in [0.3, 0.4) is 0 Å². The Morgan fingerprint density at radius 1 is 1.54 bits per heavy atom. The van der Waals surface area contributed by atoms with E-state index in [0.29, 0.717) is 11.3 Å². The predicted molar refractivity (Wildman–Crippen MR) is 42.9 cm³/mol. The molecule has 72 valence electrons. The summed E-state index contributed by atoms with van der Waals surface area (Å²) < 4.78 is 36.2. The van der Waals surface area contributed by atoms with Crippen LogP contribution < -0.4 is 0 Å². The highest BCUT2D eigenvalue weighted by Gasteiger charge is 2.32. The number of nitrogens with zero attached hydrogens (tertiary/aromatic N) is 1. The number of hydrogen-bond acceptors (Lipinski definition) is 1. The number of aromatic nitrogens is 2. The van der Waals surface area contributed by atoms with E-state index in [2.05, 4.69) is 5.10 Å².